The van der Waals surface area contributed by atoms with Crippen molar-refractivity contribution in [3.8, 4) is 29.1 Å². The van der Waals surface area contributed by atoms with Crippen molar-refractivity contribution in [3.63, 3.8) is 0 Å². The Labute approximate surface area is 242 Å². The molecule has 3 saturated heterocycles. The Morgan fingerprint density at radius 3 is 2.79 bits per heavy atom. The fraction of sp³-hybridized carbons (Fsp3) is 0.414. The highest BCUT2D eigenvalue weighted by atomic mass is 32.1. The van der Waals surface area contributed by atoms with Crippen LogP contribution in [0.5, 0.6) is 11.9 Å². The number of rotatable bonds is 6. The van der Waals surface area contributed by atoms with E-state index >= 15 is 4.39 Å². The van der Waals surface area contributed by atoms with Crippen molar-refractivity contribution >= 4 is 37.3 Å². The van der Waals surface area contributed by atoms with Crippen LogP contribution >= 0.6 is 11.3 Å². The predicted molar refractivity (Wildman–Crippen MR) is 150 cm³/mol. The van der Waals surface area contributed by atoms with Crippen molar-refractivity contribution in [1.29, 1.82) is 5.26 Å². The van der Waals surface area contributed by atoms with E-state index in [4.69, 9.17) is 15.2 Å². The monoisotopic (exact) mass is 598 g/mol. The van der Waals surface area contributed by atoms with Gasteiger partial charge in [0.2, 0.25) is 5.88 Å². The van der Waals surface area contributed by atoms with E-state index in [1.807, 2.05) is 6.07 Å². The number of nitrogen functional groups attached to an aromatic ring is 1. The van der Waals surface area contributed by atoms with Crippen molar-refractivity contribution in [1.82, 2.24) is 20.2 Å². The molecule has 0 amide bonds. The molecule has 2 aromatic heterocycles. The molecule has 0 spiro atoms. The molecule has 8 nitrogen and oxygen atoms in total. The second kappa shape index (κ2) is 10.2. The zero-order valence-electron chi connectivity index (χ0n) is 22.3. The number of thiophene rings is 1. The Bertz CT molecular complexity index is 1760. The zero-order valence-corrected chi connectivity index (χ0v) is 23.1. The number of ether oxygens (including phenoxy) is 2. The summed E-state index contributed by atoms with van der Waals surface area (Å²) in [5, 5.41) is 13.2. The van der Waals surface area contributed by atoms with Gasteiger partial charge in [-0.2, -0.15) is 15.2 Å². The van der Waals surface area contributed by atoms with Crippen LogP contribution in [0.3, 0.4) is 0 Å². The summed E-state index contributed by atoms with van der Waals surface area (Å²) in [6.07, 6.45) is -1.11. The van der Waals surface area contributed by atoms with E-state index in [2.05, 4.69) is 20.2 Å². The van der Waals surface area contributed by atoms with E-state index in [1.54, 1.807) is 6.07 Å². The lowest BCUT2D eigenvalue weighted by atomic mass is 9.95. The molecule has 0 bridgehead atoms. The molecule has 3 N–H and O–H groups in total. The SMILES string of the molecule is N#Cc1c(N)sc2c(F)ccc(-c3ccc4c(O[C@H]5CNC[C@H]5F)nc(OC[C@@]56CCCN5C[C@H](F)C6)nc4c3F)c12. The summed E-state index contributed by atoms with van der Waals surface area (Å²) in [4.78, 5) is 10.8. The molecule has 4 aromatic rings. The number of nitrogens with two attached hydrogens (primary N) is 1. The van der Waals surface area contributed by atoms with Gasteiger partial charge in [0.1, 0.15) is 41.3 Å². The maximum atomic E-state index is 16.4. The lowest BCUT2D eigenvalue weighted by molar-refractivity contribution is 0.104. The number of fused-ring (bicyclic) bond motifs is 3. The molecule has 0 radical (unpaired) electrons. The van der Waals surface area contributed by atoms with E-state index in [0.29, 0.717) is 13.0 Å². The Kier molecular flexibility index (Phi) is 6.60. The van der Waals surface area contributed by atoms with E-state index in [9.17, 15) is 18.4 Å². The smallest absolute Gasteiger partial charge is 0.320 e. The summed E-state index contributed by atoms with van der Waals surface area (Å²) in [6, 6.07) is 7.41. The third kappa shape index (κ3) is 4.31. The lowest BCUT2D eigenvalue weighted by Crippen LogP contribution is -2.43. The number of nitrogens with one attached hydrogen (secondary N) is 1. The van der Waals surface area contributed by atoms with Gasteiger partial charge in [-0.05, 0) is 37.1 Å². The van der Waals surface area contributed by atoms with Crippen molar-refractivity contribution in [2.45, 2.75) is 43.2 Å². The number of hydrogen-bond acceptors (Lipinski definition) is 9. The van der Waals surface area contributed by atoms with Crippen LogP contribution in [0.1, 0.15) is 24.8 Å². The molecule has 13 heteroatoms. The summed E-state index contributed by atoms with van der Waals surface area (Å²) >= 11 is 0.917. The molecule has 0 saturated carbocycles. The van der Waals surface area contributed by atoms with E-state index < -0.39 is 35.6 Å². The minimum Gasteiger partial charge on any atom is -0.469 e. The van der Waals surface area contributed by atoms with E-state index in [0.717, 1.165) is 30.7 Å². The minimum atomic E-state index is -1.30. The molecule has 4 atom stereocenters. The first-order chi connectivity index (χ1) is 20.3. The summed E-state index contributed by atoms with van der Waals surface area (Å²) < 4.78 is 72.0. The number of aromatic nitrogens is 2. The number of nitriles is 1. The number of alkyl halides is 2. The Hall–Kier alpha value is -3.73. The maximum Gasteiger partial charge on any atom is 0.320 e. The number of benzene rings is 2. The number of anilines is 1. The molecule has 42 heavy (non-hydrogen) atoms. The van der Waals surface area contributed by atoms with Crippen LogP contribution in [0.2, 0.25) is 0 Å². The number of hydrogen-bond donors (Lipinski definition) is 2. The van der Waals surface area contributed by atoms with Gasteiger partial charge in [-0.1, -0.05) is 12.1 Å². The fourth-order valence-electron chi connectivity index (χ4n) is 6.53. The average Bonchev–Trinajstić information content (AvgIpc) is 3.71. The molecule has 0 aliphatic carbocycles. The number of nitrogens with zero attached hydrogens (tertiary/aromatic N) is 4. The van der Waals surface area contributed by atoms with Crippen LogP contribution in [-0.2, 0) is 0 Å². The van der Waals surface area contributed by atoms with E-state index in [-0.39, 0.29) is 74.3 Å². The lowest BCUT2D eigenvalue weighted by Gasteiger charge is -2.30. The highest BCUT2D eigenvalue weighted by molar-refractivity contribution is 7.23. The molecule has 5 heterocycles. The predicted octanol–water partition coefficient (Wildman–Crippen LogP) is 4.89. The third-order valence-corrected chi connectivity index (χ3v) is 9.58. The quantitative estimate of drug-likeness (QED) is 0.302. The molecule has 218 valence electrons. The molecule has 2 aromatic carbocycles. The summed E-state index contributed by atoms with van der Waals surface area (Å²) in [7, 11) is 0. The Morgan fingerprint density at radius 1 is 1.17 bits per heavy atom. The minimum absolute atomic E-state index is 0.0471. The highest BCUT2D eigenvalue weighted by Gasteiger charge is 2.49. The average molecular weight is 599 g/mol. The fourth-order valence-corrected chi connectivity index (χ4v) is 7.48. The summed E-state index contributed by atoms with van der Waals surface area (Å²) in [6.45, 7) is 1.57. The zero-order chi connectivity index (χ0) is 29.2. The largest absolute Gasteiger partial charge is 0.469 e. The van der Waals surface area contributed by atoms with Gasteiger partial charge in [-0.3, -0.25) is 4.90 Å². The Balaban J connectivity index is 1.34. The standard InChI is InChI=1S/C29H26F4N6O2S/c30-14-8-29(6-1-7-39(29)12-14)13-40-28-37-24-17(27(38-28)41-21-11-36-10-20(21)32)3-2-16(23(24)33)15-4-5-19(31)25-22(15)18(9-34)26(35)42-25/h2-5,14,20-21,36H,1,6-8,10-13,35H2/t14-,20-,21+,29+/m1/s1. The van der Waals surface area contributed by atoms with Gasteiger partial charge < -0.3 is 20.5 Å². The van der Waals surface area contributed by atoms with E-state index in [1.165, 1.54) is 18.2 Å². The van der Waals surface area contributed by atoms with Gasteiger partial charge in [0.15, 0.2) is 12.0 Å². The van der Waals surface area contributed by atoms with Crippen LogP contribution in [0.4, 0.5) is 22.6 Å². The van der Waals surface area contributed by atoms with Crippen molar-refractivity contribution < 1.29 is 27.0 Å². The van der Waals surface area contributed by atoms with Crippen LogP contribution in [-0.4, -0.2) is 71.6 Å². The highest BCUT2D eigenvalue weighted by Crippen LogP contribution is 2.44. The summed E-state index contributed by atoms with van der Waals surface area (Å²) in [5.41, 5.74) is 5.72. The maximum absolute atomic E-state index is 16.4. The van der Waals surface area contributed by atoms with Gasteiger partial charge in [-0.15, -0.1) is 11.3 Å². The first-order valence-electron chi connectivity index (χ1n) is 13.7. The Morgan fingerprint density at radius 2 is 2.00 bits per heavy atom. The second-order valence-corrected chi connectivity index (χ2v) is 12.1. The van der Waals surface area contributed by atoms with Gasteiger partial charge in [0.05, 0.1) is 21.2 Å². The van der Waals surface area contributed by atoms with Crippen molar-refractivity contribution in [3.05, 3.63) is 41.5 Å². The molecule has 0 unspecified atom stereocenters. The summed E-state index contributed by atoms with van der Waals surface area (Å²) in [5.74, 6) is -1.40. The number of halogens is 4. The molecular weight excluding hydrogens is 572 g/mol. The first kappa shape index (κ1) is 27.1. The normalized spacial score (nSPS) is 25.7. The second-order valence-electron chi connectivity index (χ2n) is 11.1. The molecule has 3 aliphatic rings. The molecule has 7 rings (SSSR count). The van der Waals surface area contributed by atoms with Crippen LogP contribution in [0.15, 0.2) is 24.3 Å². The molecular formula is C29H26F4N6O2S. The van der Waals surface area contributed by atoms with Crippen LogP contribution in [0, 0.1) is 23.0 Å². The van der Waals surface area contributed by atoms with Gasteiger partial charge in [-0.25, -0.2) is 17.6 Å². The molecule has 3 fully saturated rings. The first-order valence-corrected chi connectivity index (χ1v) is 14.5. The van der Waals surface area contributed by atoms with Gasteiger partial charge >= 0.3 is 6.01 Å². The topological polar surface area (TPSA) is 109 Å². The third-order valence-electron chi connectivity index (χ3n) is 8.55. The van der Waals surface area contributed by atoms with Crippen molar-refractivity contribution in [2.75, 3.05) is 38.5 Å². The van der Waals surface area contributed by atoms with Gasteiger partial charge in [0.25, 0.3) is 0 Å². The van der Waals surface area contributed by atoms with Gasteiger partial charge in [0, 0.05) is 37.0 Å². The van der Waals surface area contributed by atoms with Crippen molar-refractivity contribution in [2.24, 2.45) is 0 Å². The molecule has 3 aliphatic heterocycles. The van der Waals surface area contributed by atoms with Crippen LogP contribution < -0.4 is 20.5 Å². The van der Waals surface area contributed by atoms with Crippen LogP contribution in [0.25, 0.3) is 32.1 Å².